The Balaban J connectivity index is 2.11. The van der Waals surface area contributed by atoms with Gasteiger partial charge < -0.3 is 14.6 Å². The van der Waals surface area contributed by atoms with Gasteiger partial charge in [0.2, 0.25) is 0 Å². The van der Waals surface area contributed by atoms with Gasteiger partial charge in [-0.1, -0.05) is 34.1 Å². The van der Waals surface area contributed by atoms with Crippen molar-refractivity contribution in [2.45, 2.75) is 39.4 Å². The Morgan fingerprint density at radius 3 is 2.46 bits per heavy atom. The summed E-state index contributed by atoms with van der Waals surface area (Å²) in [5.41, 5.74) is 1.07. The predicted octanol–water partition coefficient (Wildman–Crippen LogP) is 4.61. The van der Waals surface area contributed by atoms with Crippen molar-refractivity contribution >= 4 is 27.9 Å². The first-order valence-electron chi connectivity index (χ1n) is 8.09. The molecule has 26 heavy (non-hydrogen) atoms. The third kappa shape index (κ3) is 6.19. The number of carbonyl (C=O) groups is 2. The van der Waals surface area contributed by atoms with Crippen molar-refractivity contribution in [3.8, 4) is 5.75 Å². The van der Waals surface area contributed by atoms with E-state index in [4.69, 9.17) is 14.6 Å². The Bertz CT molecular complexity index is 808. The van der Waals surface area contributed by atoms with Crippen LogP contribution < -0.4 is 4.74 Å². The van der Waals surface area contributed by atoms with Gasteiger partial charge in [0.1, 0.15) is 18.0 Å². The van der Waals surface area contributed by atoms with Gasteiger partial charge in [-0.25, -0.2) is 4.79 Å². The van der Waals surface area contributed by atoms with E-state index in [1.54, 1.807) is 18.2 Å². The van der Waals surface area contributed by atoms with Crippen LogP contribution in [0.4, 0.5) is 0 Å². The molecule has 0 unspecified atom stereocenters. The van der Waals surface area contributed by atoms with Crippen LogP contribution in [0.5, 0.6) is 5.75 Å². The predicted molar refractivity (Wildman–Crippen MR) is 101 cm³/mol. The number of carboxylic acid groups (broad SMARTS) is 1. The van der Waals surface area contributed by atoms with Crippen LogP contribution in [0, 0.1) is 0 Å². The number of ether oxygens (including phenoxy) is 2. The summed E-state index contributed by atoms with van der Waals surface area (Å²) in [6.07, 6.45) is 0.103. The van der Waals surface area contributed by atoms with E-state index in [1.807, 2.05) is 39.0 Å². The van der Waals surface area contributed by atoms with Crippen LogP contribution >= 0.6 is 15.9 Å². The Kier molecular flexibility index (Phi) is 6.42. The fraction of sp³-hybridized carbons (Fsp3) is 0.300. The van der Waals surface area contributed by atoms with Crippen LogP contribution in [0.15, 0.2) is 46.9 Å². The van der Waals surface area contributed by atoms with Gasteiger partial charge in [-0.15, -0.1) is 0 Å². The van der Waals surface area contributed by atoms with E-state index < -0.39 is 11.6 Å². The zero-order chi connectivity index (χ0) is 19.3. The van der Waals surface area contributed by atoms with Gasteiger partial charge in [0, 0.05) is 10.0 Å². The molecule has 2 aromatic carbocycles. The van der Waals surface area contributed by atoms with Crippen molar-refractivity contribution in [3.63, 3.8) is 0 Å². The Morgan fingerprint density at radius 1 is 1.12 bits per heavy atom. The fourth-order valence-corrected chi connectivity index (χ4v) is 2.88. The molecule has 0 saturated carbocycles. The summed E-state index contributed by atoms with van der Waals surface area (Å²) in [7, 11) is 0. The van der Waals surface area contributed by atoms with Gasteiger partial charge in [-0.05, 0) is 50.6 Å². The van der Waals surface area contributed by atoms with E-state index in [1.165, 1.54) is 6.07 Å². The molecule has 0 aromatic heterocycles. The highest BCUT2D eigenvalue weighted by atomic mass is 79.9. The number of para-hydroxylation sites is 1. The molecular formula is C20H21BrO5. The first kappa shape index (κ1) is 20.0. The van der Waals surface area contributed by atoms with Crippen LogP contribution in [-0.2, 0) is 22.6 Å². The molecule has 2 rings (SSSR count). The monoisotopic (exact) mass is 420 g/mol. The normalized spacial score (nSPS) is 11.1. The average Bonchev–Trinajstić information content (AvgIpc) is 2.51. The van der Waals surface area contributed by atoms with E-state index in [0.29, 0.717) is 15.8 Å². The number of aromatic carboxylic acids is 1. The summed E-state index contributed by atoms with van der Waals surface area (Å²) in [5, 5.41) is 9.14. The molecule has 0 fully saturated rings. The second-order valence-corrected chi connectivity index (χ2v) is 7.73. The van der Waals surface area contributed by atoms with E-state index >= 15 is 0 Å². The quantitative estimate of drug-likeness (QED) is 0.690. The molecule has 0 saturated heterocycles. The van der Waals surface area contributed by atoms with Crippen LogP contribution in [-0.4, -0.2) is 22.6 Å². The van der Waals surface area contributed by atoms with E-state index in [9.17, 15) is 9.59 Å². The number of hydrogen-bond donors (Lipinski definition) is 1. The Morgan fingerprint density at radius 2 is 1.81 bits per heavy atom. The van der Waals surface area contributed by atoms with Crippen LogP contribution in [0.2, 0.25) is 0 Å². The molecule has 0 atom stereocenters. The molecule has 138 valence electrons. The Hall–Kier alpha value is -2.34. The highest BCUT2D eigenvalue weighted by Gasteiger charge is 2.18. The fourth-order valence-electron chi connectivity index (χ4n) is 2.34. The summed E-state index contributed by atoms with van der Waals surface area (Å²) in [4.78, 5) is 23.2. The molecule has 0 heterocycles. The first-order chi connectivity index (χ1) is 12.1. The smallest absolute Gasteiger partial charge is 0.335 e. The molecule has 0 aliphatic rings. The number of halogens is 1. The lowest BCUT2D eigenvalue weighted by Crippen LogP contribution is -2.25. The van der Waals surface area contributed by atoms with Crippen LogP contribution in [0.3, 0.4) is 0 Å². The first-order valence-corrected chi connectivity index (χ1v) is 8.88. The van der Waals surface area contributed by atoms with Crippen LogP contribution in [0.25, 0.3) is 0 Å². The minimum Gasteiger partial charge on any atom is -0.489 e. The summed E-state index contributed by atoms with van der Waals surface area (Å²) in [6, 6.07) is 12.1. The van der Waals surface area contributed by atoms with E-state index in [-0.39, 0.29) is 24.6 Å². The van der Waals surface area contributed by atoms with Crippen molar-refractivity contribution in [1.29, 1.82) is 0 Å². The number of rotatable bonds is 6. The third-order valence-electron chi connectivity index (χ3n) is 3.33. The molecule has 0 aliphatic carbocycles. The standard InChI is InChI=1S/C20H21BrO5/c1-20(2,3)26-18(22)11-14-6-4-5-7-17(14)25-12-13-8-15(19(23)24)10-16(21)9-13/h4-10H,11-12H2,1-3H3,(H,23,24). The largest absolute Gasteiger partial charge is 0.489 e. The molecule has 0 amide bonds. The summed E-state index contributed by atoms with van der Waals surface area (Å²) >= 11 is 3.30. The third-order valence-corrected chi connectivity index (χ3v) is 3.78. The zero-order valence-electron chi connectivity index (χ0n) is 14.9. The van der Waals surface area contributed by atoms with Gasteiger partial charge in [0.15, 0.2) is 0 Å². The number of esters is 1. The van der Waals surface area contributed by atoms with Gasteiger partial charge in [-0.2, -0.15) is 0 Å². The minimum atomic E-state index is -1.00. The van der Waals surface area contributed by atoms with Crippen molar-refractivity contribution in [1.82, 2.24) is 0 Å². The molecule has 0 radical (unpaired) electrons. The topological polar surface area (TPSA) is 72.8 Å². The number of carbonyl (C=O) groups excluding carboxylic acids is 1. The second-order valence-electron chi connectivity index (χ2n) is 6.81. The molecule has 2 aromatic rings. The number of carboxylic acids is 1. The number of benzene rings is 2. The second kappa shape index (κ2) is 8.36. The van der Waals surface area contributed by atoms with E-state index in [0.717, 1.165) is 5.56 Å². The molecule has 0 aliphatic heterocycles. The maximum atomic E-state index is 12.1. The van der Waals surface area contributed by atoms with Gasteiger partial charge in [-0.3, -0.25) is 4.79 Å². The summed E-state index contributed by atoms with van der Waals surface area (Å²) in [6.45, 7) is 5.65. The lowest BCUT2D eigenvalue weighted by Gasteiger charge is -2.20. The van der Waals surface area contributed by atoms with Crippen LogP contribution in [0.1, 0.15) is 42.3 Å². The lowest BCUT2D eigenvalue weighted by molar-refractivity contribution is -0.153. The summed E-state index contributed by atoms with van der Waals surface area (Å²) < 4.78 is 11.8. The van der Waals surface area contributed by atoms with Gasteiger partial charge in [0.05, 0.1) is 12.0 Å². The van der Waals surface area contributed by atoms with Gasteiger partial charge in [0.25, 0.3) is 0 Å². The molecule has 1 N–H and O–H groups in total. The highest BCUT2D eigenvalue weighted by molar-refractivity contribution is 9.10. The summed E-state index contributed by atoms with van der Waals surface area (Å²) in [5.74, 6) is -0.766. The van der Waals surface area contributed by atoms with Crippen molar-refractivity contribution in [2.75, 3.05) is 0 Å². The zero-order valence-corrected chi connectivity index (χ0v) is 16.5. The molecule has 6 heteroatoms. The highest BCUT2D eigenvalue weighted by Crippen LogP contribution is 2.23. The van der Waals surface area contributed by atoms with Crippen molar-refractivity contribution in [3.05, 3.63) is 63.6 Å². The van der Waals surface area contributed by atoms with Crippen molar-refractivity contribution < 1.29 is 24.2 Å². The maximum absolute atomic E-state index is 12.1. The maximum Gasteiger partial charge on any atom is 0.335 e. The molecule has 0 bridgehead atoms. The molecule has 5 nitrogen and oxygen atoms in total. The number of hydrogen-bond acceptors (Lipinski definition) is 4. The Labute approximate surface area is 161 Å². The average molecular weight is 421 g/mol. The van der Waals surface area contributed by atoms with Gasteiger partial charge >= 0.3 is 11.9 Å². The SMILES string of the molecule is CC(C)(C)OC(=O)Cc1ccccc1OCc1cc(Br)cc(C(=O)O)c1. The van der Waals surface area contributed by atoms with Crippen molar-refractivity contribution in [2.24, 2.45) is 0 Å². The molecular weight excluding hydrogens is 400 g/mol. The minimum absolute atomic E-state index is 0.103. The lowest BCUT2D eigenvalue weighted by atomic mass is 10.1. The van der Waals surface area contributed by atoms with E-state index in [2.05, 4.69) is 15.9 Å². The molecule has 0 spiro atoms.